The number of rotatable bonds is 6. The zero-order valence-electron chi connectivity index (χ0n) is 15.2. The number of H-pyrrole nitrogens is 1. The van der Waals surface area contributed by atoms with Gasteiger partial charge in [-0.2, -0.15) is 10.2 Å². The Kier molecular flexibility index (Phi) is 5.51. The zero-order chi connectivity index (χ0) is 19.2. The summed E-state index contributed by atoms with van der Waals surface area (Å²) in [6.45, 7) is 4.35. The molecule has 0 spiro atoms. The molecule has 1 heterocycles. The second-order valence-corrected chi connectivity index (χ2v) is 5.89. The van der Waals surface area contributed by atoms with Crippen molar-refractivity contribution in [2.75, 3.05) is 12.3 Å². The maximum absolute atomic E-state index is 12.3. The lowest BCUT2D eigenvalue weighted by atomic mass is 10.1. The molecule has 138 valence electrons. The van der Waals surface area contributed by atoms with E-state index in [0.717, 1.165) is 16.9 Å². The zero-order valence-corrected chi connectivity index (χ0v) is 15.2. The highest BCUT2D eigenvalue weighted by Gasteiger charge is 2.11. The Morgan fingerprint density at radius 1 is 1.22 bits per heavy atom. The summed E-state index contributed by atoms with van der Waals surface area (Å²) in [6.07, 6.45) is 0. The first-order valence-electron chi connectivity index (χ1n) is 8.56. The van der Waals surface area contributed by atoms with E-state index < -0.39 is 0 Å². The summed E-state index contributed by atoms with van der Waals surface area (Å²) < 4.78 is 5.42. The van der Waals surface area contributed by atoms with Crippen LogP contribution in [0.15, 0.2) is 59.7 Å². The number of carbonyl (C=O) groups excluding carboxylic acids is 1. The van der Waals surface area contributed by atoms with Crippen molar-refractivity contribution in [2.24, 2.45) is 5.10 Å². The summed E-state index contributed by atoms with van der Waals surface area (Å²) in [4.78, 5) is 12.3. The van der Waals surface area contributed by atoms with E-state index in [0.29, 0.717) is 29.4 Å². The van der Waals surface area contributed by atoms with Crippen LogP contribution >= 0.6 is 0 Å². The van der Waals surface area contributed by atoms with Gasteiger partial charge >= 0.3 is 0 Å². The summed E-state index contributed by atoms with van der Waals surface area (Å²) in [5, 5.41) is 11.0. The van der Waals surface area contributed by atoms with Gasteiger partial charge in [0.05, 0.1) is 18.0 Å². The molecule has 0 saturated carbocycles. The number of nitrogen functional groups attached to an aromatic ring is 1. The lowest BCUT2D eigenvalue weighted by molar-refractivity contribution is 0.0950. The smallest absolute Gasteiger partial charge is 0.289 e. The van der Waals surface area contributed by atoms with E-state index in [2.05, 4.69) is 20.7 Å². The van der Waals surface area contributed by atoms with Gasteiger partial charge in [0.25, 0.3) is 5.91 Å². The first kappa shape index (κ1) is 18.2. The van der Waals surface area contributed by atoms with Gasteiger partial charge in [0, 0.05) is 11.3 Å². The molecule has 0 atom stereocenters. The Labute approximate surface area is 157 Å². The molecule has 0 fully saturated rings. The number of hydrogen-bond donors (Lipinski definition) is 3. The summed E-state index contributed by atoms with van der Waals surface area (Å²) >= 11 is 0. The predicted molar refractivity (Wildman–Crippen MR) is 106 cm³/mol. The highest BCUT2D eigenvalue weighted by atomic mass is 16.5. The minimum Gasteiger partial charge on any atom is -0.494 e. The van der Waals surface area contributed by atoms with Crippen molar-refractivity contribution >= 4 is 17.3 Å². The average Bonchev–Trinajstić information content (AvgIpc) is 3.17. The number of nitrogens with one attached hydrogen (secondary N) is 2. The van der Waals surface area contributed by atoms with Crippen molar-refractivity contribution in [3.63, 3.8) is 0 Å². The number of hydrazone groups is 1. The molecular weight excluding hydrogens is 342 g/mol. The molecule has 0 aliphatic rings. The predicted octanol–water partition coefficient (Wildman–Crippen LogP) is 3.21. The van der Waals surface area contributed by atoms with E-state index in [1.807, 2.05) is 43.3 Å². The van der Waals surface area contributed by atoms with Gasteiger partial charge in [0.1, 0.15) is 11.4 Å². The molecule has 0 aliphatic heterocycles. The van der Waals surface area contributed by atoms with Crippen LogP contribution < -0.4 is 15.9 Å². The molecule has 0 aliphatic carbocycles. The van der Waals surface area contributed by atoms with Gasteiger partial charge in [-0.25, -0.2) is 5.43 Å². The summed E-state index contributed by atoms with van der Waals surface area (Å²) in [6, 6.07) is 16.5. The normalized spacial score (nSPS) is 11.3. The molecule has 4 N–H and O–H groups in total. The van der Waals surface area contributed by atoms with Crippen molar-refractivity contribution in [3.05, 3.63) is 65.9 Å². The van der Waals surface area contributed by atoms with E-state index in [1.165, 1.54) is 0 Å². The Morgan fingerprint density at radius 3 is 2.70 bits per heavy atom. The molecule has 1 amide bonds. The first-order valence-corrected chi connectivity index (χ1v) is 8.56. The molecule has 0 radical (unpaired) electrons. The van der Waals surface area contributed by atoms with Crippen LogP contribution in [0.3, 0.4) is 0 Å². The molecule has 27 heavy (non-hydrogen) atoms. The third kappa shape index (κ3) is 4.52. The Morgan fingerprint density at radius 2 is 2.00 bits per heavy atom. The molecule has 2 aromatic carbocycles. The van der Waals surface area contributed by atoms with E-state index in [-0.39, 0.29) is 5.91 Å². The summed E-state index contributed by atoms with van der Waals surface area (Å²) in [5.41, 5.74) is 12.3. The minimum absolute atomic E-state index is 0.322. The van der Waals surface area contributed by atoms with Gasteiger partial charge in [-0.15, -0.1) is 0 Å². The van der Waals surface area contributed by atoms with Gasteiger partial charge in [-0.05, 0) is 61.9 Å². The van der Waals surface area contributed by atoms with Crippen molar-refractivity contribution in [1.29, 1.82) is 0 Å². The largest absolute Gasteiger partial charge is 0.494 e. The highest BCUT2D eigenvalue weighted by molar-refractivity contribution is 6.01. The van der Waals surface area contributed by atoms with Crippen LogP contribution in [0.4, 0.5) is 5.69 Å². The monoisotopic (exact) mass is 363 g/mol. The van der Waals surface area contributed by atoms with Crippen molar-refractivity contribution in [2.45, 2.75) is 13.8 Å². The number of carbonyl (C=O) groups is 1. The number of hydrogen-bond acceptors (Lipinski definition) is 5. The Hall–Kier alpha value is -3.61. The van der Waals surface area contributed by atoms with Crippen LogP contribution in [-0.2, 0) is 0 Å². The van der Waals surface area contributed by atoms with E-state index >= 15 is 0 Å². The lowest BCUT2D eigenvalue weighted by Crippen LogP contribution is -2.19. The van der Waals surface area contributed by atoms with Gasteiger partial charge in [-0.1, -0.05) is 12.1 Å². The summed E-state index contributed by atoms with van der Waals surface area (Å²) in [7, 11) is 0. The number of aromatic nitrogens is 2. The fourth-order valence-corrected chi connectivity index (χ4v) is 2.50. The van der Waals surface area contributed by atoms with Gasteiger partial charge in [0.15, 0.2) is 0 Å². The standard InChI is InChI=1S/C20H21N5O2/c1-3-27-17-9-7-14(8-10-17)18-12-19(24-23-18)20(26)25-22-13(2)15-5-4-6-16(21)11-15/h4-12H,3,21H2,1-2H3,(H,23,24)(H,25,26). The quantitative estimate of drug-likeness (QED) is 0.355. The Balaban J connectivity index is 1.68. The molecule has 7 heteroatoms. The summed E-state index contributed by atoms with van der Waals surface area (Å²) in [5.74, 6) is 0.420. The minimum atomic E-state index is -0.372. The second-order valence-electron chi connectivity index (χ2n) is 5.89. The van der Waals surface area contributed by atoms with Gasteiger partial charge in [-0.3, -0.25) is 9.89 Å². The van der Waals surface area contributed by atoms with Gasteiger partial charge < -0.3 is 10.5 Å². The maximum Gasteiger partial charge on any atom is 0.289 e. The number of nitrogens with zero attached hydrogens (tertiary/aromatic N) is 2. The van der Waals surface area contributed by atoms with Crippen molar-refractivity contribution in [3.8, 4) is 17.0 Å². The van der Waals surface area contributed by atoms with Crippen LogP contribution in [0.2, 0.25) is 0 Å². The fraction of sp³-hybridized carbons (Fsp3) is 0.150. The number of anilines is 1. The molecule has 1 aromatic heterocycles. The fourth-order valence-electron chi connectivity index (χ4n) is 2.50. The molecule has 3 rings (SSSR count). The third-order valence-corrected chi connectivity index (χ3v) is 3.91. The SMILES string of the molecule is CCOc1ccc(-c2cc(C(=O)NN=C(C)c3cccc(N)c3)[nH]n2)cc1. The number of aromatic amines is 1. The third-order valence-electron chi connectivity index (χ3n) is 3.91. The van der Waals surface area contributed by atoms with Crippen molar-refractivity contribution < 1.29 is 9.53 Å². The second kappa shape index (κ2) is 8.18. The number of amides is 1. The topological polar surface area (TPSA) is 105 Å². The van der Waals surface area contributed by atoms with Gasteiger partial charge in [0.2, 0.25) is 0 Å². The lowest BCUT2D eigenvalue weighted by Gasteiger charge is -2.03. The van der Waals surface area contributed by atoms with E-state index in [9.17, 15) is 4.79 Å². The van der Waals surface area contributed by atoms with Crippen LogP contribution in [0.1, 0.15) is 29.9 Å². The molecule has 0 unspecified atom stereocenters. The van der Waals surface area contributed by atoms with Crippen LogP contribution in [0, 0.1) is 0 Å². The molecule has 3 aromatic rings. The van der Waals surface area contributed by atoms with E-state index in [1.54, 1.807) is 25.1 Å². The number of nitrogens with two attached hydrogens (primary N) is 1. The molecule has 7 nitrogen and oxygen atoms in total. The average molecular weight is 363 g/mol. The van der Waals surface area contributed by atoms with E-state index in [4.69, 9.17) is 10.5 Å². The molecule has 0 saturated heterocycles. The first-order chi connectivity index (χ1) is 13.1. The number of benzene rings is 2. The maximum atomic E-state index is 12.3. The van der Waals surface area contributed by atoms with Crippen LogP contribution in [-0.4, -0.2) is 28.4 Å². The van der Waals surface area contributed by atoms with Crippen molar-refractivity contribution in [1.82, 2.24) is 15.6 Å². The van der Waals surface area contributed by atoms with Crippen LogP contribution in [0.5, 0.6) is 5.75 Å². The highest BCUT2D eigenvalue weighted by Crippen LogP contribution is 2.21. The Bertz CT molecular complexity index is 961. The number of ether oxygens (including phenoxy) is 1. The molecule has 0 bridgehead atoms. The molecular formula is C20H21N5O2. The van der Waals surface area contributed by atoms with Crippen LogP contribution in [0.25, 0.3) is 11.3 Å².